The Hall–Kier alpha value is -0.990. The van der Waals surface area contributed by atoms with Gasteiger partial charge in [0, 0.05) is 24.7 Å². The molecule has 3 nitrogen and oxygen atoms in total. The molecule has 2 atom stereocenters. The van der Waals surface area contributed by atoms with Gasteiger partial charge in [-0.3, -0.25) is 14.4 Å². The van der Waals surface area contributed by atoms with E-state index in [2.05, 4.69) is 0 Å². The summed E-state index contributed by atoms with van der Waals surface area (Å²) in [4.78, 5) is 34.6. The van der Waals surface area contributed by atoms with E-state index < -0.39 is 0 Å². The molecule has 0 spiro atoms. The third-order valence-electron chi connectivity index (χ3n) is 3.85. The van der Waals surface area contributed by atoms with Gasteiger partial charge in [0.1, 0.15) is 5.78 Å². The van der Waals surface area contributed by atoms with Crippen molar-refractivity contribution in [3.05, 3.63) is 0 Å². The van der Waals surface area contributed by atoms with Gasteiger partial charge in [-0.15, -0.1) is 0 Å². The van der Waals surface area contributed by atoms with E-state index in [-0.39, 0.29) is 23.4 Å². The van der Waals surface area contributed by atoms with Crippen molar-refractivity contribution in [1.82, 2.24) is 0 Å². The van der Waals surface area contributed by atoms with Crippen LogP contribution >= 0.6 is 0 Å². The molecule has 88 valence electrons. The highest BCUT2D eigenvalue weighted by molar-refractivity contribution is 6.38. The lowest BCUT2D eigenvalue weighted by molar-refractivity contribution is -0.141. The maximum Gasteiger partial charge on any atom is 0.201 e. The summed E-state index contributed by atoms with van der Waals surface area (Å²) in [5.74, 6) is -0.247. The molecular formula is C13H18O3. The number of hydrogen-bond acceptors (Lipinski definition) is 3. The van der Waals surface area contributed by atoms with E-state index in [4.69, 9.17) is 0 Å². The Balaban J connectivity index is 1.95. The lowest BCUT2D eigenvalue weighted by atomic mass is 9.76. The van der Waals surface area contributed by atoms with Gasteiger partial charge < -0.3 is 0 Å². The summed E-state index contributed by atoms with van der Waals surface area (Å²) in [5, 5.41) is 0. The molecule has 3 heteroatoms. The van der Waals surface area contributed by atoms with Crippen molar-refractivity contribution in [3.8, 4) is 0 Å². The predicted octanol–water partition coefficient (Wildman–Crippen LogP) is 2.07. The Bertz CT molecular complexity index is 319. The second-order valence-electron chi connectivity index (χ2n) is 5.02. The van der Waals surface area contributed by atoms with Crippen LogP contribution in [0.4, 0.5) is 0 Å². The molecule has 0 aromatic heterocycles. The average Bonchev–Trinajstić information content (AvgIpc) is 2.28. The first kappa shape index (κ1) is 11.5. The number of Topliss-reactive ketones (excluding diaryl/α,β-unsaturated/α-hetero) is 3. The fraction of sp³-hybridized carbons (Fsp3) is 0.769. The van der Waals surface area contributed by atoms with Crippen LogP contribution in [0.15, 0.2) is 0 Å². The topological polar surface area (TPSA) is 51.2 Å². The first-order chi connectivity index (χ1) is 7.68. The Morgan fingerprint density at radius 1 is 0.875 bits per heavy atom. The minimum absolute atomic E-state index is 0.0496. The van der Waals surface area contributed by atoms with Crippen molar-refractivity contribution in [3.63, 3.8) is 0 Å². The van der Waals surface area contributed by atoms with E-state index in [0.29, 0.717) is 25.0 Å². The summed E-state index contributed by atoms with van der Waals surface area (Å²) < 4.78 is 0. The number of rotatable bonds is 2. The monoisotopic (exact) mass is 222 g/mol. The summed E-state index contributed by atoms with van der Waals surface area (Å²) in [5.41, 5.74) is 0. The van der Waals surface area contributed by atoms with Gasteiger partial charge in [-0.05, 0) is 32.1 Å². The molecule has 0 heterocycles. The summed E-state index contributed by atoms with van der Waals surface area (Å²) >= 11 is 0. The van der Waals surface area contributed by atoms with Gasteiger partial charge in [0.2, 0.25) is 5.78 Å². The molecule has 2 unspecified atom stereocenters. The Morgan fingerprint density at radius 2 is 1.62 bits per heavy atom. The van der Waals surface area contributed by atoms with Crippen LogP contribution < -0.4 is 0 Å². The molecule has 2 aliphatic rings. The van der Waals surface area contributed by atoms with E-state index in [1.807, 2.05) is 0 Å². The molecule has 0 aromatic rings. The first-order valence-electron chi connectivity index (χ1n) is 6.28. The molecule has 2 saturated carbocycles. The molecule has 16 heavy (non-hydrogen) atoms. The number of carbonyl (C=O) groups is 3. The molecule has 0 bridgehead atoms. The lowest BCUT2D eigenvalue weighted by Crippen LogP contribution is -2.32. The SMILES string of the molecule is O=C1CCCC(CC2CCCCC2=O)C1=O. The molecule has 0 aromatic carbocycles. The van der Waals surface area contributed by atoms with Crippen LogP contribution in [0.1, 0.15) is 51.4 Å². The van der Waals surface area contributed by atoms with Gasteiger partial charge in [0.25, 0.3) is 0 Å². The molecule has 0 radical (unpaired) electrons. The van der Waals surface area contributed by atoms with Crippen LogP contribution in [0.3, 0.4) is 0 Å². The summed E-state index contributed by atoms with van der Waals surface area (Å²) in [7, 11) is 0. The predicted molar refractivity (Wildman–Crippen MR) is 58.9 cm³/mol. The third-order valence-corrected chi connectivity index (χ3v) is 3.85. The van der Waals surface area contributed by atoms with Crippen LogP contribution in [-0.2, 0) is 14.4 Å². The van der Waals surface area contributed by atoms with Gasteiger partial charge in [0.05, 0.1) is 0 Å². The molecule has 2 rings (SSSR count). The zero-order chi connectivity index (χ0) is 11.5. The zero-order valence-electron chi connectivity index (χ0n) is 9.54. The number of carbonyl (C=O) groups excluding carboxylic acids is 3. The maximum absolute atomic E-state index is 11.7. The van der Waals surface area contributed by atoms with Gasteiger partial charge in [-0.2, -0.15) is 0 Å². The molecule has 2 aliphatic carbocycles. The van der Waals surface area contributed by atoms with Crippen molar-refractivity contribution in [2.24, 2.45) is 11.8 Å². The van der Waals surface area contributed by atoms with Gasteiger partial charge in [-0.1, -0.05) is 6.42 Å². The zero-order valence-corrected chi connectivity index (χ0v) is 9.54. The Morgan fingerprint density at radius 3 is 2.38 bits per heavy atom. The van der Waals surface area contributed by atoms with Gasteiger partial charge >= 0.3 is 0 Å². The van der Waals surface area contributed by atoms with Gasteiger partial charge in [-0.25, -0.2) is 0 Å². The largest absolute Gasteiger partial charge is 0.299 e. The second-order valence-corrected chi connectivity index (χ2v) is 5.02. The van der Waals surface area contributed by atoms with E-state index >= 15 is 0 Å². The molecule has 0 aliphatic heterocycles. The summed E-state index contributed by atoms with van der Waals surface area (Å²) in [6.07, 6.45) is 6.32. The smallest absolute Gasteiger partial charge is 0.201 e. The maximum atomic E-state index is 11.7. The molecule has 0 saturated heterocycles. The third kappa shape index (κ3) is 2.39. The van der Waals surface area contributed by atoms with Crippen molar-refractivity contribution < 1.29 is 14.4 Å². The molecular weight excluding hydrogens is 204 g/mol. The van der Waals surface area contributed by atoms with Crippen molar-refractivity contribution >= 4 is 17.3 Å². The summed E-state index contributed by atoms with van der Waals surface area (Å²) in [6.45, 7) is 0. The molecule has 0 N–H and O–H groups in total. The van der Waals surface area contributed by atoms with E-state index in [0.717, 1.165) is 32.1 Å². The number of hydrogen-bond donors (Lipinski definition) is 0. The van der Waals surface area contributed by atoms with Crippen LogP contribution in [0.2, 0.25) is 0 Å². The highest BCUT2D eigenvalue weighted by Crippen LogP contribution is 2.31. The Kier molecular flexibility index (Phi) is 3.52. The van der Waals surface area contributed by atoms with Crippen LogP contribution in [0.5, 0.6) is 0 Å². The van der Waals surface area contributed by atoms with E-state index in [9.17, 15) is 14.4 Å². The van der Waals surface area contributed by atoms with Crippen LogP contribution in [0, 0.1) is 11.8 Å². The summed E-state index contributed by atoms with van der Waals surface area (Å²) in [6, 6.07) is 0. The van der Waals surface area contributed by atoms with E-state index in [1.54, 1.807) is 0 Å². The highest BCUT2D eigenvalue weighted by Gasteiger charge is 2.33. The van der Waals surface area contributed by atoms with Crippen LogP contribution in [0.25, 0.3) is 0 Å². The fourth-order valence-electron chi connectivity index (χ4n) is 2.86. The minimum atomic E-state index is -0.223. The molecule has 2 fully saturated rings. The normalized spacial score (nSPS) is 31.9. The van der Waals surface area contributed by atoms with Gasteiger partial charge in [0.15, 0.2) is 5.78 Å². The second kappa shape index (κ2) is 4.89. The fourth-order valence-corrected chi connectivity index (χ4v) is 2.86. The Labute approximate surface area is 95.6 Å². The van der Waals surface area contributed by atoms with Crippen LogP contribution in [-0.4, -0.2) is 17.3 Å². The van der Waals surface area contributed by atoms with Crippen molar-refractivity contribution in [1.29, 1.82) is 0 Å². The quantitative estimate of drug-likeness (QED) is 0.672. The average molecular weight is 222 g/mol. The van der Waals surface area contributed by atoms with E-state index in [1.165, 1.54) is 0 Å². The first-order valence-corrected chi connectivity index (χ1v) is 6.28. The standard InChI is InChI=1S/C13H18O3/c14-11-6-2-1-4-9(11)8-10-5-3-7-12(15)13(10)16/h9-10H,1-8H2. The minimum Gasteiger partial charge on any atom is -0.299 e. The number of ketones is 3. The molecule has 0 amide bonds. The van der Waals surface area contributed by atoms with Crippen molar-refractivity contribution in [2.75, 3.05) is 0 Å². The van der Waals surface area contributed by atoms with Crippen molar-refractivity contribution in [2.45, 2.75) is 51.4 Å². The highest BCUT2D eigenvalue weighted by atomic mass is 16.2. The lowest BCUT2D eigenvalue weighted by Gasteiger charge is -2.26.